The van der Waals surface area contributed by atoms with Gasteiger partial charge in [-0.05, 0) is 91.8 Å². The van der Waals surface area contributed by atoms with E-state index in [-0.39, 0.29) is 0 Å². The number of ether oxygens (including phenoxy) is 1. The third kappa shape index (κ3) is 7.68. The van der Waals surface area contributed by atoms with E-state index in [4.69, 9.17) is 4.74 Å². The molecule has 2 N–H and O–H groups in total. The van der Waals surface area contributed by atoms with Crippen molar-refractivity contribution >= 4 is 0 Å². The van der Waals surface area contributed by atoms with Gasteiger partial charge in [0.15, 0.2) is 0 Å². The number of aliphatic hydroxyl groups is 2. The molecule has 3 aliphatic rings. The van der Waals surface area contributed by atoms with E-state index in [1.807, 2.05) is 0 Å². The van der Waals surface area contributed by atoms with Crippen molar-refractivity contribution in [3.8, 4) is 0 Å². The molecular formula is C30H56O3. The van der Waals surface area contributed by atoms with E-state index in [0.29, 0.717) is 43.0 Å². The summed E-state index contributed by atoms with van der Waals surface area (Å²) in [5.74, 6) is 6.03. The predicted molar refractivity (Wildman–Crippen MR) is 138 cm³/mol. The molecule has 0 bridgehead atoms. The second kappa shape index (κ2) is 13.8. The Balaban J connectivity index is 1.49. The monoisotopic (exact) mass is 464 g/mol. The van der Waals surface area contributed by atoms with Gasteiger partial charge in [0.1, 0.15) is 0 Å². The van der Waals surface area contributed by atoms with Gasteiger partial charge in [0.05, 0.1) is 12.7 Å². The first kappa shape index (κ1) is 27.5. The standard InChI is InChI=1S/C30H56O3/c1-21(2)30-26(19-32)12-8-14-29(30)33-20-27-10-5-6-13-28(27)23(4)16-15-22(3)25-11-7-9-24(17-25)18-31/h21-32H,5-20H2,1-4H3/t22?,23?,24?,25-,26+,27-,28-,29?,30-/m1/s1. The van der Waals surface area contributed by atoms with Crippen LogP contribution in [0.25, 0.3) is 0 Å². The second-order valence-corrected chi connectivity index (χ2v) is 12.8. The fourth-order valence-electron chi connectivity index (χ4n) is 8.08. The lowest BCUT2D eigenvalue weighted by Crippen LogP contribution is -2.41. The highest BCUT2D eigenvalue weighted by Crippen LogP contribution is 2.42. The SMILES string of the molecule is CC(CCC(C)[C@H]1CCCC[C@@H]1COC1CCC[C@@H](CO)[C@H]1C(C)C)[C@@H]1CCCC(CO)C1. The third-order valence-corrected chi connectivity index (χ3v) is 10.2. The van der Waals surface area contributed by atoms with E-state index in [9.17, 15) is 10.2 Å². The minimum absolute atomic E-state index is 0.323. The molecule has 0 aromatic carbocycles. The van der Waals surface area contributed by atoms with E-state index in [1.54, 1.807) is 0 Å². The molecule has 0 amide bonds. The first-order chi connectivity index (χ1) is 15.9. The molecule has 3 saturated carbocycles. The van der Waals surface area contributed by atoms with E-state index in [2.05, 4.69) is 27.7 Å². The summed E-state index contributed by atoms with van der Waals surface area (Å²) in [5, 5.41) is 19.5. The molecule has 3 nitrogen and oxygen atoms in total. The number of hydrogen-bond donors (Lipinski definition) is 2. The first-order valence-corrected chi connectivity index (χ1v) is 14.8. The van der Waals surface area contributed by atoms with Crippen LogP contribution in [0.1, 0.15) is 111 Å². The molecule has 0 aromatic heterocycles. The van der Waals surface area contributed by atoms with E-state index in [0.717, 1.165) is 36.2 Å². The van der Waals surface area contributed by atoms with Gasteiger partial charge < -0.3 is 14.9 Å². The number of hydrogen-bond acceptors (Lipinski definition) is 3. The maximum Gasteiger partial charge on any atom is 0.0609 e. The summed E-state index contributed by atoms with van der Waals surface area (Å²) in [4.78, 5) is 0. The molecule has 0 spiro atoms. The summed E-state index contributed by atoms with van der Waals surface area (Å²) in [6, 6.07) is 0. The Bertz CT molecular complexity index is 535. The normalized spacial score (nSPS) is 37.7. The highest BCUT2D eigenvalue weighted by Gasteiger charge is 2.37. The van der Waals surface area contributed by atoms with Crippen LogP contribution in [0, 0.1) is 53.3 Å². The zero-order valence-electron chi connectivity index (χ0n) is 22.4. The highest BCUT2D eigenvalue weighted by atomic mass is 16.5. The van der Waals surface area contributed by atoms with Gasteiger partial charge in [-0.3, -0.25) is 0 Å². The Morgan fingerprint density at radius 2 is 1.42 bits per heavy atom. The molecule has 3 aliphatic carbocycles. The van der Waals surface area contributed by atoms with Gasteiger partial charge in [0.2, 0.25) is 0 Å². The van der Waals surface area contributed by atoms with Gasteiger partial charge in [-0.1, -0.05) is 72.6 Å². The van der Waals surface area contributed by atoms with E-state index in [1.165, 1.54) is 83.5 Å². The summed E-state index contributed by atoms with van der Waals surface area (Å²) in [7, 11) is 0. The van der Waals surface area contributed by atoms with Crippen LogP contribution in [0.15, 0.2) is 0 Å². The lowest BCUT2D eigenvalue weighted by molar-refractivity contribution is -0.0831. The second-order valence-electron chi connectivity index (χ2n) is 12.8. The van der Waals surface area contributed by atoms with Crippen molar-refractivity contribution in [3.05, 3.63) is 0 Å². The predicted octanol–water partition coefficient (Wildman–Crippen LogP) is 7.09. The van der Waals surface area contributed by atoms with Crippen LogP contribution in [0.3, 0.4) is 0 Å². The smallest absolute Gasteiger partial charge is 0.0609 e. The molecule has 3 rings (SSSR count). The Kier molecular flexibility index (Phi) is 11.5. The molecule has 0 heterocycles. The molecule has 4 unspecified atom stereocenters. The quantitative estimate of drug-likeness (QED) is 0.343. The van der Waals surface area contributed by atoms with Gasteiger partial charge in [0, 0.05) is 13.2 Å². The van der Waals surface area contributed by atoms with Crippen molar-refractivity contribution in [3.63, 3.8) is 0 Å². The number of aliphatic hydroxyl groups excluding tert-OH is 2. The summed E-state index contributed by atoms with van der Waals surface area (Å²) < 4.78 is 6.72. The molecule has 0 radical (unpaired) electrons. The lowest BCUT2D eigenvalue weighted by Gasteiger charge is -2.42. The third-order valence-electron chi connectivity index (χ3n) is 10.2. The van der Waals surface area contributed by atoms with Crippen molar-refractivity contribution in [2.24, 2.45) is 53.3 Å². The Morgan fingerprint density at radius 3 is 2.15 bits per heavy atom. The maximum absolute atomic E-state index is 9.92. The van der Waals surface area contributed by atoms with Gasteiger partial charge in [-0.15, -0.1) is 0 Å². The summed E-state index contributed by atoms with van der Waals surface area (Å²) in [6.07, 6.45) is 17.3. The largest absolute Gasteiger partial charge is 0.396 e. The minimum Gasteiger partial charge on any atom is -0.396 e. The average Bonchev–Trinajstić information content (AvgIpc) is 2.85. The van der Waals surface area contributed by atoms with Crippen molar-refractivity contribution in [1.29, 1.82) is 0 Å². The maximum atomic E-state index is 9.92. The van der Waals surface area contributed by atoms with Crippen LogP contribution in [-0.4, -0.2) is 36.1 Å². The minimum atomic E-state index is 0.323. The van der Waals surface area contributed by atoms with Gasteiger partial charge in [-0.2, -0.15) is 0 Å². The molecule has 194 valence electrons. The Hall–Kier alpha value is -0.120. The zero-order chi connectivity index (χ0) is 23.8. The average molecular weight is 465 g/mol. The van der Waals surface area contributed by atoms with Crippen molar-refractivity contribution in [1.82, 2.24) is 0 Å². The van der Waals surface area contributed by atoms with Gasteiger partial charge in [0.25, 0.3) is 0 Å². The topological polar surface area (TPSA) is 49.7 Å². The summed E-state index contributed by atoms with van der Waals surface area (Å²) in [6.45, 7) is 11.3. The van der Waals surface area contributed by atoms with Crippen molar-refractivity contribution < 1.29 is 14.9 Å². The first-order valence-electron chi connectivity index (χ1n) is 14.8. The fourth-order valence-corrected chi connectivity index (χ4v) is 8.08. The molecule has 0 aromatic rings. The molecule has 0 aliphatic heterocycles. The zero-order valence-corrected chi connectivity index (χ0v) is 22.4. The summed E-state index contributed by atoms with van der Waals surface area (Å²) in [5.41, 5.74) is 0. The van der Waals surface area contributed by atoms with Crippen LogP contribution < -0.4 is 0 Å². The molecule has 3 fully saturated rings. The van der Waals surface area contributed by atoms with Crippen LogP contribution in [0.4, 0.5) is 0 Å². The Labute approximate surface area is 205 Å². The molecule has 9 atom stereocenters. The van der Waals surface area contributed by atoms with Crippen LogP contribution in [0.5, 0.6) is 0 Å². The van der Waals surface area contributed by atoms with Crippen molar-refractivity contribution in [2.45, 2.75) is 117 Å². The van der Waals surface area contributed by atoms with Crippen molar-refractivity contribution in [2.75, 3.05) is 19.8 Å². The summed E-state index contributed by atoms with van der Waals surface area (Å²) >= 11 is 0. The Morgan fingerprint density at radius 1 is 0.727 bits per heavy atom. The van der Waals surface area contributed by atoms with Crippen LogP contribution in [0.2, 0.25) is 0 Å². The highest BCUT2D eigenvalue weighted by molar-refractivity contribution is 4.86. The lowest BCUT2D eigenvalue weighted by atomic mass is 9.69. The van der Waals surface area contributed by atoms with Crippen LogP contribution in [-0.2, 0) is 4.74 Å². The van der Waals surface area contributed by atoms with Crippen LogP contribution >= 0.6 is 0 Å². The van der Waals surface area contributed by atoms with Gasteiger partial charge >= 0.3 is 0 Å². The number of rotatable bonds is 11. The van der Waals surface area contributed by atoms with E-state index < -0.39 is 0 Å². The molecular weight excluding hydrogens is 408 g/mol. The van der Waals surface area contributed by atoms with E-state index >= 15 is 0 Å². The molecule has 0 saturated heterocycles. The van der Waals surface area contributed by atoms with Gasteiger partial charge in [-0.25, -0.2) is 0 Å². The molecule has 33 heavy (non-hydrogen) atoms. The fraction of sp³-hybridized carbons (Fsp3) is 1.00. The molecule has 3 heteroatoms.